The molecule has 0 amide bonds. The number of nitrogens with one attached hydrogen (secondary N) is 2. The topological polar surface area (TPSA) is 78.1 Å². The Morgan fingerprint density at radius 2 is 2.00 bits per heavy atom. The minimum atomic E-state index is -3.44. The summed E-state index contributed by atoms with van der Waals surface area (Å²) in [6.45, 7) is 4.64. The number of H-pyrrole nitrogens is 1. The van der Waals surface area contributed by atoms with E-state index in [4.69, 9.17) is 0 Å². The second kappa shape index (κ2) is 6.75. The summed E-state index contributed by atoms with van der Waals surface area (Å²) in [4.78, 5) is 0.346. The quantitative estimate of drug-likeness (QED) is 0.822. The Morgan fingerprint density at radius 3 is 2.57 bits per heavy atom. The third-order valence-electron chi connectivity index (χ3n) is 4.82. The van der Waals surface area contributed by atoms with Crippen molar-refractivity contribution < 1.29 is 8.42 Å². The Labute approximate surface area is 138 Å². The second-order valence-electron chi connectivity index (χ2n) is 6.57. The largest absolute Gasteiger partial charge is 0.308 e. The number of piperidine rings is 1. The average molecular weight is 338 g/mol. The van der Waals surface area contributed by atoms with E-state index in [0.717, 1.165) is 12.8 Å². The smallest absolute Gasteiger partial charge is 0.246 e. The van der Waals surface area contributed by atoms with Gasteiger partial charge in [-0.15, -0.1) is 0 Å². The lowest BCUT2D eigenvalue weighted by Crippen LogP contribution is -2.47. The molecular weight excluding hydrogens is 312 g/mol. The molecule has 1 saturated heterocycles. The lowest BCUT2D eigenvalue weighted by molar-refractivity contribution is 0.277. The summed E-state index contributed by atoms with van der Waals surface area (Å²) in [6, 6.07) is 0.857. The SMILES string of the molecule is Cc1n[nH]c(C)c1S(=O)(=O)N1CCC(N[C@H]2C=CCCC2)CC1. The van der Waals surface area contributed by atoms with Gasteiger partial charge < -0.3 is 5.32 Å². The van der Waals surface area contributed by atoms with Gasteiger partial charge in [-0.3, -0.25) is 5.10 Å². The van der Waals surface area contributed by atoms with E-state index in [2.05, 4.69) is 27.7 Å². The lowest BCUT2D eigenvalue weighted by atomic mass is 9.99. The number of aromatic amines is 1. The summed E-state index contributed by atoms with van der Waals surface area (Å²) < 4.78 is 27.2. The summed E-state index contributed by atoms with van der Waals surface area (Å²) in [6.07, 6.45) is 9.82. The first-order chi connectivity index (χ1) is 11.0. The zero-order chi connectivity index (χ0) is 16.4. The molecule has 3 rings (SSSR count). The Kier molecular flexibility index (Phi) is 4.89. The van der Waals surface area contributed by atoms with Crippen molar-refractivity contribution in [3.63, 3.8) is 0 Å². The molecule has 0 unspecified atom stereocenters. The number of rotatable bonds is 4. The fourth-order valence-electron chi connectivity index (χ4n) is 3.57. The van der Waals surface area contributed by atoms with Crippen molar-refractivity contribution in [2.24, 2.45) is 0 Å². The minimum absolute atomic E-state index is 0.346. The van der Waals surface area contributed by atoms with E-state index in [1.54, 1.807) is 18.2 Å². The van der Waals surface area contributed by atoms with Crippen LogP contribution in [-0.2, 0) is 10.0 Å². The van der Waals surface area contributed by atoms with Gasteiger partial charge in [0.1, 0.15) is 4.90 Å². The van der Waals surface area contributed by atoms with Crippen molar-refractivity contribution >= 4 is 10.0 Å². The summed E-state index contributed by atoms with van der Waals surface area (Å²) in [5.74, 6) is 0. The molecule has 0 aromatic carbocycles. The van der Waals surface area contributed by atoms with Gasteiger partial charge in [-0.1, -0.05) is 12.2 Å². The first kappa shape index (κ1) is 16.7. The lowest BCUT2D eigenvalue weighted by Gasteiger charge is -2.34. The zero-order valence-corrected chi connectivity index (χ0v) is 14.7. The molecule has 23 heavy (non-hydrogen) atoms. The number of nitrogens with zero attached hydrogens (tertiary/aromatic N) is 2. The molecule has 7 heteroatoms. The number of hydrogen-bond donors (Lipinski definition) is 2. The van der Waals surface area contributed by atoms with Gasteiger partial charge in [0.15, 0.2) is 0 Å². The maximum Gasteiger partial charge on any atom is 0.246 e. The normalized spacial score (nSPS) is 24.2. The highest BCUT2D eigenvalue weighted by Crippen LogP contribution is 2.25. The van der Waals surface area contributed by atoms with E-state index in [0.29, 0.717) is 41.5 Å². The Balaban J connectivity index is 1.62. The van der Waals surface area contributed by atoms with E-state index < -0.39 is 10.0 Å². The van der Waals surface area contributed by atoms with Crippen LogP contribution >= 0.6 is 0 Å². The molecule has 2 heterocycles. The van der Waals surface area contributed by atoms with Gasteiger partial charge in [0, 0.05) is 25.2 Å². The number of sulfonamides is 1. The average Bonchev–Trinajstić information content (AvgIpc) is 2.88. The predicted molar refractivity (Wildman–Crippen MR) is 89.8 cm³/mol. The molecule has 128 valence electrons. The molecule has 1 aliphatic carbocycles. The van der Waals surface area contributed by atoms with E-state index in [-0.39, 0.29) is 0 Å². The van der Waals surface area contributed by atoms with E-state index in [1.165, 1.54) is 19.3 Å². The van der Waals surface area contributed by atoms with Crippen LogP contribution in [0.2, 0.25) is 0 Å². The van der Waals surface area contributed by atoms with Crippen molar-refractivity contribution in [3.8, 4) is 0 Å². The standard InChI is InChI=1S/C16H26N4O2S/c1-12-16(13(2)19-18-12)23(21,22)20-10-8-15(9-11-20)17-14-6-4-3-5-7-14/h4,6,14-15,17H,3,5,7-11H2,1-2H3,(H,18,19)/t14-/m0/s1. The maximum atomic E-state index is 12.8. The minimum Gasteiger partial charge on any atom is -0.308 e. The van der Waals surface area contributed by atoms with Gasteiger partial charge in [0.25, 0.3) is 0 Å². The van der Waals surface area contributed by atoms with Crippen molar-refractivity contribution in [2.45, 2.75) is 62.9 Å². The Morgan fingerprint density at radius 1 is 1.26 bits per heavy atom. The van der Waals surface area contributed by atoms with Crippen LogP contribution in [0.4, 0.5) is 0 Å². The van der Waals surface area contributed by atoms with Gasteiger partial charge in [-0.2, -0.15) is 9.40 Å². The molecule has 2 aliphatic rings. The molecule has 6 nitrogen and oxygen atoms in total. The molecule has 1 atom stereocenters. The summed E-state index contributed by atoms with van der Waals surface area (Å²) in [5, 5.41) is 10.4. The summed E-state index contributed by atoms with van der Waals surface area (Å²) >= 11 is 0. The molecule has 0 radical (unpaired) electrons. The molecular formula is C16H26N4O2S. The van der Waals surface area contributed by atoms with Gasteiger partial charge in [0.05, 0.1) is 11.4 Å². The highest BCUT2D eigenvalue weighted by molar-refractivity contribution is 7.89. The maximum absolute atomic E-state index is 12.8. The van der Waals surface area contributed by atoms with E-state index in [1.807, 2.05) is 0 Å². The first-order valence-electron chi connectivity index (χ1n) is 8.43. The van der Waals surface area contributed by atoms with Crippen LogP contribution in [0.25, 0.3) is 0 Å². The van der Waals surface area contributed by atoms with Gasteiger partial charge in [0.2, 0.25) is 10.0 Å². The van der Waals surface area contributed by atoms with Crippen molar-refractivity contribution in [1.29, 1.82) is 0 Å². The van der Waals surface area contributed by atoms with Crippen LogP contribution in [0.3, 0.4) is 0 Å². The zero-order valence-electron chi connectivity index (χ0n) is 13.9. The van der Waals surface area contributed by atoms with Crippen LogP contribution in [-0.4, -0.2) is 48.1 Å². The number of allylic oxidation sites excluding steroid dienone is 1. The molecule has 0 bridgehead atoms. The van der Waals surface area contributed by atoms with Crippen molar-refractivity contribution in [1.82, 2.24) is 19.8 Å². The van der Waals surface area contributed by atoms with Crippen molar-refractivity contribution in [3.05, 3.63) is 23.5 Å². The van der Waals surface area contributed by atoms with Crippen LogP contribution in [0.1, 0.15) is 43.5 Å². The van der Waals surface area contributed by atoms with Gasteiger partial charge in [-0.05, 0) is 46.0 Å². The van der Waals surface area contributed by atoms with Crippen LogP contribution in [0.15, 0.2) is 17.0 Å². The fourth-order valence-corrected chi connectivity index (χ4v) is 5.37. The third-order valence-corrected chi connectivity index (χ3v) is 6.98. The monoisotopic (exact) mass is 338 g/mol. The molecule has 1 fully saturated rings. The highest BCUT2D eigenvalue weighted by Gasteiger charge is 2.33. The predicted octanol–water partition coefficient (Wildman–Crippen LogP) is 1.88. The van der Waals surface area contributed by atoms with Crippen LogP contribution in [0, 0.1) is 13.8 Å². The molecule has 0 spiro atoms. The molecule has 1 aromatic heterocycles. The molecule has 0 saturated carbocycles. The molecule has 2 N–H and O–H groups in total. The summed E-state index contributed by atoms with van der Waals surface area (Å²) in [5.41, 5.74) is 1.17. The Bertz CT molecular complexity index is 653. The van der Waals surface area contributed by atoms with Crippen LogP contribution < -0.4 is 5.32 Å². The molecule has 1 aromatic rings. The first-order valence-corrected chi connectivity index (χ1v) is 9.87. The number of hydrogen-bond acceptors (Lipinski definition) is 4. The van der Waals surface area contributed by atoms with Gasteiger partial charge >= 0.3 is 0 Å². The molecule has 1 aliphatic heterocycles. The highest BCUT2D eigenvalue weighted by atomic mass is 32.2. The number of aryl methyl sites for hydroxylation is 2. The third kappa shape index (κ3) is 3.51. The number of aromatic nitrogens is 2. The fraction of sp³-hybridized carbons (Fsp3) is 0.688. The van der Waals surface area contributed by atoms with E-state index in [9.17, 15) is 8.42 Å². The van der Waals surface area contributed by atoms with Crippen molar-refractivity contribution in [2.75, 3.05) is 13.1 Å². The Hall–Kier alpha value is -1.18. The summed E-state index contributed by atoms with van der Waals surface area (Å²) in [7, 11) is -3.44. The van der Waals surface area contributed by atoms with Crippen LogP contribution in [0.5, 0.6) is 0 Å². The van der Waals surface area contributed by atoms with Gasteiger partial charge in [-0.25, -0.2) is 8.42 Å². The van der Waals surface area contributed by atoms with E-state index >= 15 is 0 Å². The second-order valence-corrected chi connectivity index (χ2v) is 8.45.